The molecule has 2 heterocycles. The summed E-state index contributed by atoms with van der Waals surface area (Å²) in [6.45, 7) is 3.97. The molecule has 0 N–H and O–H groups in total. The van der Waals surface area contributed by atoms with E-state index in [1.165, 1.54) is 12.1 Å². The average molecular weight is 376 g/mol. The SMILES string of the molecule is CCOC(=O)[C@@H]1CCCCN1C(=O)CN1CCC[C@@H]1Cc1ccc(F)cc1. The van der Waals surface area contributed by atoms with Gasteiger partial charge in [-0.05, 0) is 69.7 Å². The molecule has 1 aromatic rings. The van der Waals surface area contributed by atoms with Crippen LogP contribution in [0.25, 0.3) is 0 Å². The normalized spacial score (nSPS) is 23.4. The average Bonchev–Trinajstić information content (AvgIpc) is 3.10. The van der Waals surface area contributed by atoms with Crippen molar-refractivity contribution in [3.8, 4) is 0 Å². The first-order valence-electron chi connectivity index (χ1n) is 10.0. The summed E-state index contributed by atoms with van der Waals surface area (Å²) < 4.78 is 18.3. The summed E-state index contributed by atoms with van der Waals surface area (Å²) >= 11 is 0. The third-order valence-corrected chi connectivity index (χ3v) is 5.60. The number of benzene rings is 1. The zero-order chi connectivity index (χ0) is 19.2. The van der Waals surface area contributed by atoms with Gasteiger partial charge in [-0.25, -0.2) is 9.18 Å². The maximum absolute atomic E-state index is 13.1. The van der Waals surface area contributed by atoms with Crippen LogP contribution < -0.4 is 0 Å². The summed E-state index contributed by atoms with van der Waals surface area (Å²) in [7, 11) is 0. The van der Waals surface area contributed by atoms with Gasteiger partial charge in [-0.3, -0.25) is 9.69 Å². The molecule has 0 unspecified atom stereocenters. The van der Waals surface area contributed by atoms with Crippen molar-refractivity contribution in [3.05, 3.63) is 35.6 Å². The third kappa shape index (κ3) is 5.06. The first-order chi connectivity index (χ1) is 13.1. The molecule has 1 amide bonds. The maximum atomic E-state index is 13.1. The summed E-state index contributed by atoms with van der Waals surface area (Å²) in [6.07, 6.45) is 5.47. The van der Waals surface area contributed by atoms with Crippen LogP contribution in [0.4, 0.5) is 4.39 Å². The summed E-state index contributed by atoms with van der Waals surface area (Å²) in [5.74, 6) is -0.499. The van der Waals surface area contributed by atoms with Crippen LogP contribution in [0, 0.1) is 5.82 Å². The number of carbonyl (C=O) groups is 2. The van der Waals surface area contributed by atoms with Crippen molar-refractivity contribution >= 4 is 11.9 Å². The molecule has 1 aromatic carbocycles. The zero-order valence-electron chi connectivity index (χ0n) is 16.0. The number of carbonyl (C=O) groups excluding carboxylic acids is 2. The van der Waals surface area contributed by atoms with E-state index < -0.39 is 6.04 Å². The highest BCUT2D eigenvalue weighted by atomic mass is 19.1. The lowest BCUT2D eigenvalue weighted by Gasteiger charge is -2.36. The molecule has 5 nitrogen and oxygen atoms in total. The van der Waals surface area contributed by atoms with Gasteiger partial charge in [0, 0.05) is 12.6 Å². The molecule has 0 saturated carbocycles. The Morgan fingerprint density at radius 1 is 1.11 bits per heavy atom. The second kappa shape index (κ2) is 9.31. The van der Waals surface area contributed by atoms with Gasteiger partial charge in [0.2, 0.25) is 5.91 Å². The monoisotopic (exact) mass is 376 g/mol. The smallest absolute Gasteiger partial charge is 0.328 e. The number of amides is 1. The fraction of sp³-hybridized carbons (Fsp3) is 0.619. The highest BCUT2D eigenvalue weighted by Gasteiger charge is 2.35. The van der Waals surface area contributed by atoms with Crippen LogP contribution in [0.15, 0.2) is 24.3 Å². The molecule has 2 aliphatic heterocycles. The number of halogens is 1. The lowest BCUT2D eigenvalue weighted by molar-refractivity contribution is -0.157. The predicted octanol–water partition coefficient (Wildman–Crippen LogP) is 2.78. The zero-order valence-corrected chi connectivity index (χ0v) is 16.0. The molecule has 6 heteroatoms. The largest absolute Gasteiger partial charge is 0.464 e. The van der Waals surface area contributed by atoms with E-state index in [0.717, 1.165) is 44.2 Å². The number of rotatable bonds is 6. The van der Waals surface area contributed by atoms with E-state index >= 15 is 0 Å². The Balaban J connectivity index is 1.61. The predicted molar refractivity (Wildman–Crippen MR) is 101 cm³/mol. The van der Waals surface area contributed by atoms with Crippen molar-refractivity contribution in [2.75, 3.05) is 26.2 Å². The van der Waals surface area contributed by atoms with E-state index in [2.05, 4.69) is 4.90 Å². The molecule has 0 aliphatic carbocycles. The van der Waals surface area contributed by atoms with Gasteiger partial charge in [-0.15, -0.1) is 0 Å². The Morgan fingerprint density at radius 2 is 1.89 bits per heavy atom. The lowest BCUT2D eigenvalue weighted by Crippen LogP contribution is -2.52. The molecule has 0 spiro atoms. The van der Waals surface area contributed by atoms with Crippen LogP contribution in [-0.4, -0.2) is 60.0 Å². The van der Waals surface area contributed by atoms with Crippen molar-refractivity contribution in [2.24, 2.45) is 0 Å². The van der Waals surface area contributed by atoms with Crippen LogP contribution in [-0.2, 0) is 20.7 Å². The molecule has 0 aromatic heterocycles. The topological polar surface area (TPSA) is 49.9 Å². The second-order valence-corrected chi connectivity index (χ2v) is 7.45. The van der Waals surface area contributed by atoms with Crippen LogP contribution >= 0.6 is 0 Å². The van der Waals surface area contributed by atoms with Gasteiger partial charge in [0.1, 0.15) is 11.9 Å². The van der Waals surface area contributed by atoms with E-state index in [1.54, 1.807) is 11.8 Å². The van der Waals surface area contributed by atoms with E-state index in [-0.39, 0.29) is 23.7 Å². The molecular formula is C21H29FN2O3. The molecule has 0 bridgehead atoms. The van der Waals surface area contributed by atoms with Crippen molar-refractivity contribution in [1.29, 1.82) is 0 Å². The van der Waals surface area contributed by atoms with Crippen molar-refractivity contribution < 1.29 is 18.7 Å². The van der Waals surface area contributed by atoms with Gasteiger partial charge in [-0.1, -0.05) is 12.1 Å². The fourth-order valence-electron chi connectivity index (χ4n) is 4.21. The lowest BCUT2D eigenvalue weighted by atomic mass is 10.0. The van der Waals surface area contributed by atoms with E-state index in [4.69, 9.17) is 4.74 Å². The van der Waals surface area contributed by atoms with Crippen LogP contribution in [0.3, 0.4) is 0 Å². The molecule has 2 aliphatic rings. The number of nitrogens with zero attached hydrogens (tertiary/aromatic N) is 2. The minimum absolute atomic E-state index is 0.0127. The molecule has 0 radical (unpaired) electrons. The third-order valence-electron chi connectivity index (χ3n) is 5.60. The van der Waals surface area contributed by atoms with Crippen LogP contribution in [0.1, 0.15) is 44.6 Å². The Morgan fingerprint density at radius 3 is 2.63 bits per heavy atom. The summed E-state index contributed by atoms with van der Waals surface area (Å²) in [5, 5.41) is 0. The highest BCUT2D eigenvalue weighted by Crippen LogP contribution is 2.23. The molecular weight excluding hydrogens is 347 g/mol. The quantitative estimate of drug-likeness (QED) is 0.717. The molecule has 27 heavy (non-hydrogen) atoms. The van der Waals surface area contributed by atoms with Gasteiger partial charge in [0.05, 0.1) is 13.2 Å². The number of hydrogen-bond donors (Lipinski definition) is 0. The highest BCUT2D eigenvalue weighted by molar-refractivity contribution is 5.85. The molecule has 2 atom stereocenters. The van der Waals surface area contributed by atoms with Gasteiger partial charge in [0.25, 0.3) is 0 Å². The van der Waals surface area contributed by atoms with Gasteiger partial charge >= 0.3 is 5.97 Å². The second-order valence-electron chi connectivity index (χ2n) is 7.45. The number of esters is 1. The number of piperidine rings is 1. The standard InChI is InChI=1S/C21H29FN2O3/c1-2-27-21(26)19-7-3-4-13-24(19)20(25)15-23-12-5-6-18(23)14-16-8-10-17(22)11-9-16/h8-11,18-19H,2-7,12-15H2,1H3/t18-,19+/m1/s1. The maximum Gasteiger partial charge on any atom is 0.328 e. The molecule has 3 rings (SSSR count). The summed E-state index contributed by atoms with van der Waals surface area (Å²) in [5.41, 5.74) is 1.09. The van der Waals surface area contributed by atoms with Gasteiger partial charge < -0.3 is 9.64 Å². The van der Waals surface area contributed by atoms with Crippen LogP contribution in [0.5, 0.6) is 0 Å². The van der Waals surface area contributed by atoms with E-state index in [0.29, 0.717) is 26.1 Å². The minimum Gasteiger partial charge on any atom is -0.464 e. The van der Waals surface area contributed by atoms with Crippen molar-refractivity contribution in [1.82, 2.24) is 9.80 Å². The van der Waals surface area contributed by atoms with E-state index in [1.807, 2.05) is 12.1 Å². The Labute approximate surface area is 160 Å². The number of likely N-dealkylation sites (tertiary alicyclic amines) is 2. The molecule has 2 saturated heterocycles. The molecule has 148 valence electrons. The number of ether oxygens (including phenoxy) is 1. The number of hydrogen-bond acceptors (Lipinski definition) is 4. The summed E-state index contributed by atoms with van der Waals surface area (Å²) in [6, 6.07) is 6.44. The first-order valence-corrected chi connectivity index (χ1v) is 10.0. The Hall–Kier alpha value is -1.95. The van der Waals surface area contributed by atoms with Crippen molar-refractivity contribution in [3.63, 3.8) is 0 Å². The van der Waals surface area contributed by atoms with Gasteiger partial charge in [-0.2, -0.15) is 0 Å². The molecule has 2 fully saturated rings. The van der Waals surface area contributed by atoms with Crippen LogP contribution in [0.2, 0.25) is 0 Å². The Kier molecular flexibility index (Phi) is 6.83. The minimum atomic E-state index is -0.440. The van der Waals surface area contributed by atoms with Gasteiger partial charge in [0.15, 0.2) is 0 Å². The first kappa shape index (κ1) is 19.8. The summed E-state index contributed by atoms with van der Waals surface area (Å²) in [4.78, 5) is 29.1. The Bertz CT molecular complexity index is 649. The van der Waals surface area contributed by atoms with Crippen molar-refractivity contribution in [2.45, 2.75) is 57.5 Å². The van der Waals surface area contributed by atoms with E-state index in [9.17, 15) is 14.0 Å². The fourth-order valence-corrected chi connectivity index (χ4v) is 4.21.